The average molecular weight is 907 g/mol. The summed E-state index contributed by atoms with van der Waals surface area (Å²) in [5, 5.41) is 0. The molecule has 336 valence electrons. The summed E-state index contributed by atoms with van der Waals surface area (Å²) in [6.45, 7) is 21.9. The zero-order valence-corrected chi connectivity index (χ0v) is 39.9. The molecule has 0 bridgehead atoms. The Morgan fingerprint density at radius 2 is 0.508 bits per heavy atom. The molecule has 19 heteroatoms. The van der Waals surface area contributed by atoms with Crippen LogP contribution in [0.3, 0.4) is 0 Å². The van der Waals surface area contributed by atoms with Gasteiger partial charge < -0.3 is 46.8 Å². The summed E-state index contributed by atoms with van der Waals surface area (Å²) in [6.07, 6.45) is 11.4. The van der Waals surface area contributed by atoms with E-state index >= 15 is 0 Å². The first-order chi connectivity index (χ1) is 27.3. The summed E-state index contributed by atoms with van der Waals surface area (Å²) in [6, 6.07) is 0. The van der Waals surface area contributed by atoms with Crippen LogP contribution in [-0.4, -0.2) is 114 Å². The standard InChI is InChI=1S/2C20H35O8P.Ca/c2*1-17(2)19(21)25-13-9-5-7-11-15-27-29(23,24)28-16-12-8-6-10-14-26-20(22)18(3)4;/h2*1,3,5-16H2,2,4H3,(H,23,24);/q;;+2/p-2. The molecular formula is C40H68CaO16P2. The number of carbonyl (C=O) groups excluding carboxylic acids is 4. The van der Waals surface area contributed by atoms with Gasteiger partial charge in [-0.2, -0.15) is 0 Å². The Labute approximate surface area is 382 Å². The minimum absolute atomic E-state index is 0. The third kappa shape index (κ3) is 42.8. The molecule has 0 saturated heterocycles. The Hall–Kier alpha value is -1.68. The number of phosphoric ester groups is 2. The molecule has 0 spiro atoms. The van der Waals surface area contributed by atoms with Crippen molar-refractivity contribution < 1.29 is 75.1 Å². The van der Waals surface area contributed by atoms with Gasteiger partial charge in [0, 0.05) is 22.3 Å². The Bertz CT molecular complexity index is 1160. The Kier molecular flexibility index (Phi) is 40.9. The molecule has 0 aliphatic heterocycles. The van der Waals surface area contributed by atoms with E-state index in [1.807, 2.05) is 0 Å². The number of esters is 4. The van der Waals surface area contributed by atoms with Gasteiger partial charge in [-0.25, -0.2) is 19.2 Å². The van der Waals surface area contributed by atoms with Crippen LogP contribution in [0.4, 0.5) is 0 Å². The van der Waals surface area contributed by atoms with Gasteiger partial charge in [-0.15, -0.1) is 0 Å². The van der Waals surface area contributed by atoms with Crippen LogP contribution in [0.15, 0.2) is 48.6 Å². The van der Waals surface area contributed by atoms with Crippen LogP contribution in [-0.2, 0) is 65.4 Å². The molecule has 0 aromatic carbocycles. The fourth-order valence-corrected chi connectivity index (χ4v) is 5.72. The maximum Gasteiger partial charge on any atom is 2.00 e. The zero-order chi connectivity index (χ0) is 44.2. The van der Waals surface area contributed by atoms with Gasteiger partial charge in [0.25, 0.3) is 15.6 Å². The fraction of sp³-hybridized carbons (Fsp3) is 0.700. The monoisotopic (exact) mass is 906 g/mol. The molecule has 0 aromatic rings. The summed E-state index contributed by atoms with van der Waals surface area (Å²) in [4.78, 5) is 67.9. The Morgan fingerprint density at radius 1 is 0.356 bits per heavy atom. The third-order valence-electron chi connectivity index (χ3n) is 7.48. The van der Waals surface area contributed by atoms with Crippen molar-refractivity contribution in [3.05, 3.63) is 48.6 Å². The van der Waals surface area contributed by atoms with Crippen molar-refractivity contribution in [2.75, 3.05) is 52.9 Å². The van der Waals surface area contributed by atoms with E-state index in [0.717, 1.165) is 51.4 Å². The largest absolute Gasteiger partial charge is 2.00 e. The van der Waals surface area contributed by atoms with Gasteiger partial charge in [0.2, 0.25) is 0 Å². The molecule has 0 amide bonds. The van der Waals surface area contributed by atoms with Gasteiger partial charge >= 0.3 is 61.6 Å². The van der Waals surface area contributed by atoms with Gasteiger partial charge in [-0.3, -0.25) is 9.13 Å². The number of rotatable bonds is 36. The summed E-state index contributed by atoms with van der Waals surface area (Å²) in [5.74, 6) is -1.60. The van der Waals surface area contributed by atoms with Crippen molar-refractivity contribution in [2.45, 2.75) is 130 Å². The molecule has 0 aliphatic rings. The molecule has 0 radical (unpaired) electrons. The van der Waals surface area contributed by atoms with Crippen LogP contribution in [0, 0.1) is 0 Å². The predicted molar refractivity (Wildman–Crippen MR) is 222 cm³/mol. The van der Waals surface area contributed by atoms with E-state index in [0.29, 0.717) is 100 Å². The molecule has 0 N–H and O–H groups in total. The van der Waals surface area contributed by atoms with Gasteiger partial charge in [0.15, 0.2) is 0 Å². The van der Waals surface area contributed by atoms with E-state index in [-0.39, 0.29) is 64.2 Å². The average Bonchev–Trinajstić information content (AvgIpc) is 3.15. The van der Waals surface area contributed by atoms with Crippen molar-refractivity contribution in [1.82, 2.24) is 0 Å². The molecule has 0 saturated carbocycles. The van der Waals surface area contributed by atoms with Crippen molar-refractivity contribution in [2.24, 2.45) is 0 Å². The second-order valence-corrected chi connectivity index (χ2v) is 16.4. The first-order valence-electron chi connectivity index (χ1n) is 19.8. The van der Waals surface area contributed by atoms with Gasteiger partial charge in [0.1, 0.15) is 0 Å². The number of ether oxygens (including phenoxy) is 4. The van der Waals surface area contributed by atoms with Crippen LogP contribution in [0.5, 0.6) is 0 Å². The predicted octanol–water partition coefficient (Wildman–Crippen LogP) is 7.31. The zero-order valence-electron chi connectivity index (χ0n) is 35.9. The van der Waals surface area contributed by atoms with Crippen LogP contribution in [0.2, 0.25) is 0 Å². The van der Waals surface area contributed by atoms with E-state index in [1.165, 1.54) is 0 Å². The number of unbranched alkanes of at least 4 members (excludes halogenated alkanes) is 12. The Morgan fingerprint density at radius 3 is 0.661 bits per heavy atom. The van der Waals surface area contributed by atoms with Crippen LogP contribution < -0.4 is 9.79 Å². The molecule has 59 heavy (non-hydrogen) atoms. The molecule has 0 aliphatic carbocycles. The van der Waals surface area contributed by atoms with E-state index in [2.05, 4.69) is 26.3 Å². The molecule has 0 heterocycles. The minimum atomic E-state index is -4.27. The summed E-state index contributed by atoms with van der Waals surface area (Å²) in [5.41, 5.74) is 1.48. The van der Waals surface area contributed by atoms with E-state index in [1.54, 1.807) is 27.7 Å². The van der Waals surface area contributed by atoms with Crippen molar-refractivity contribution in [3.63, 3.8) is 0 Å². The minimum Gasteiger partial charge on any atom is -0.756 e. The smallest absolute Gasteiger partial charge is 0.756 e. The molecule has 0 rings (SSSR count). The summed E-state index contributed by atoms with van der Waals surface area (Å²) >= 11 is 0. The third-order valence-corrected chi connectivity index (χ3v) is 9.47. The van der Waals surface area contributed by atoms with Crippen molar-refractivity contribution in [1.29, 1.82) is 0 Å². The van der Waals surface area contributed by atoms with Crippen LogP contribution in [0.25, 0.3) is 0 Å². The quantitative estimate of drug-likeness (QED) is 0.0150. The molecule has 0 unspecified atom stereocenters. The van der Waals surface area contributed by atoms with Gasteiger partial charge in [0.05, 0.1) is 52.9 Å². The van der Waals surface area contributed by atoms with E-state index < -0.39 is 39.5 Å². The topological polar surface area (TPSA) is 222 Å². The number of hydrogen-bond donors (Lipinski definition) is 0. The van der Waals surface area contributed by atoms with Crippen LogP contribution >= 0.6 is 15.6 Å². The number of hydrogen-bond acceptors (Lipinski definition) is 16. The van der Waals surface area contributed by atoms with Crippen molar-refractivity contribution >= 4 is 77.3 Å². The normalized spacial score (nSPS) is 10.9. The maximum atomic E-state index is 11.6. The SMILES string of the molecule is C=C(C)C(=O)OCCCCCCOP(=O)([O-])OCCCCCCOC(=O)C(=C)C.C=C(C)C(=O)OCCCCCCOP(=O)([O-])OCCCCCCOC(=O)C(=C)C.[Ca+2]. The van der Waals surface area contributed by atoms with Crippen LogP contribution in [0.1, 0.15) is 130 Å². The van der Waals surface area contributed by atoms with Gasteiger partial charge in [-0.05, 0) is 105 Å². The molecule has 0 atom stereocenters. The second kappa shape index (κ2) is 39.2. The van der Waals surface area contributed by atoms with E-state index in [4.69, 9.17) is 37.0 Å². The summed E-state index contributed by atoms with van der Waals surface area (Å²) in [7, 11) is -8.54. The van der Waals surface area contributed by atoms with Gasteiger partial charge in [-0.1, -0.05) is 52.0 Å². The maximum absolute atomic E-state index is 11.6. The number of phosphoric acid groups is 2. The first kappa shape index (κ1) is 61.6. The summed E-state index contributed by atoms with van der Waals surface area (Å²) < 4.78 is 62.4. The number of carbonyl (C=O) groups is 4. The molecular weight excluding hydrogens is 838 g/mol. The van der Waals surface area contributed by atoms with Crippen molar-refractivity contribution in [3.8, 4) is 0 Å². The van der Waals surface area contributed by atoms with E-state index in [9.17, 15) is 38.1 Å². The second-order valence-electron chi connectivity index (χ2n) is 13.5. The first-order valence-corrected chi connectivity index (χ1v) is 22.7. The Balaban J connectivity index is -0.00000105. The molecule has 0 aromatic heterocycles. The fourth-order valence-electron chi connectivity index (χ4n) is 4.16. The molecule has 16 nitrogen and oxygen atoms in total. The molecule has 0 fully saturated rings.